The summed E-state index contributed by atoms with van der Waals surface area (Å²) in [5.74, 6) is -3.25. The van der Waals surface area contributed by atoms with E-state index in [1.165, 1.54) is 30.3 Å². The Kier molecular flexibility index (Phi) is 8.15. The number of rotatable bonds is 8. The molecule has 0 spiro atoms. The van der Waals surface area contributed by atoms with Crippen LogP contribution in [-0.2, 0) is 6.42 Å². The van der Waals surface area contributed by atoms with Gasteiger partial charge in [0.25, 0.3) is 5.91 Å². The monoisotopic (exact) mass is 497 g/mol. The number of carbonyl (C=O) groups excluding carboxylic acids is 1. The number of hydrogen-bond donors (Lipinski definition) is 1. The van der Waals surface area contributed by atoms with Crippen LogP contribution in [0, 0.1) is 11.6 Å². The molecule has 0 saturated carbocycles. The van der Waals surface area contributed by atoms with Crippen molar-refractivity contribution in [3.05, 3.63) is 89.0 Å². The van der Waals surface area contributed by atoms with E-state index < -0.39 is 35.5 Å². The minimum atomic E-state index is -4.77. The van der Waals surface area contributed by atoms with Gasteiger partial charge in [0.1, 0.15) is 22.9 Å². The normalized spacial score (nSPS) is 12.3. The highest BCUT2D eigenvalue weighted by atomic mass is 35.5. The quantitative estimate of drug-likeness (QED) is 0.264. The SMILES string of the molecule is CCCc1cc(-c2ccc(OC(F)(F)F)cc2)ccc1C(CCl)NC(=O)c1c(F)cccc1F. The van der Waals surface area contributed by atoms with E-state index in [0.717, 1.165) is 29.7 Å². The van der Waals surface area contributed by atoms with E-state index in [-0.39, 0.29) is 11.6 Å². The third kappa shape index (κ3) is 6.26. The van der Waals surface area contributed by atoms with Crippen LogP contribution in [0.5, 0.6) is 5.75 Å². The first-order valence-corrected chi connectivity index (χ1v) is 11.0. The molecule has 1 amide bonds. The smallest absolute Gasteiger partial charge is 0.406 e. The third-order valence-electron chi connectivity index (χ3n) is 5.11. The molecule has 34 heavy (non-hydrogen) atoms. The van der Waals surface area contributed by atoms with Crippen molar-refractivity contribution in [2.75, 3.05) is 5.88 Å². The Morgan fingerprint density at radius 1 is 1.00 bits per heavy atom. The van der Waals surface area contributed by atoms with Crippen LogP contribution in [0.3, 0.4) is 0 Å². The van der Waals surface area contributed by atoms with Gasteiger partial charge in [0.05, 0.1) is 6.04 Å². The first-order valence-electron chi connectivity index (χ1n) is 10.4. The zero-order valence-corrected chi connectivity index (χ0v) is 18.8. The second-order valence-electron chi connectivity index (χ2n) is 7.51. The van der Waals surface area contributed by atoms with Gasteiger partial charge in [-0.25, -0.2) is 8.78 Å². The molecular formula is C25H21ClF5NO2. The van der Waals surface area contributed by atoms with E-state index in [9.17, 15) is 26.7 Å². The van der Waals surface area contributed by atoms with Crippen LogP contribution in [0.2, 0.25) is 0 Å². The van der Waals surface area contributed by atoms with E-state index in [4.69, 9.17) is 11.6 Å². The number of ether oxygens (including phenoxy) is 1. The number of halogens is 6. The van der Waals surface area contributed by atoms with Crippen LogP contribution in [0.15, 0.2) is 60.7 Å². The molecule has 1 unspecified atom stereocenters. The lowest BCUT2D eigenvalue weighted by Crippen LogP contribution is -2.31. The Hall–Kier alpha value is -3.13. The second kappa shape index (κ2) is 10.9. The average molecular weight is 498 g/mol. The molecule has 0 heterocycles. The predicted octanol–water partition coefficient (Wildman–Crippen LogP) is 7.19. The molecule has 0 fully saturated rings. The molecule has 180 valence electrons. The zero-order valence-electron chi connectivity index (χ0n) is 18.1. The van der Waals surface area contributed by atoms with Crippen LogP contribution in [0.25, 0.3) is 11.1 Å². The fourth-order valence-electron chi connectivity index (χ4n) is 3.60. The summed E-state index contributed by atoms with van der Waals surface area (Å²) in [7, 11) is 0. The molecular weight excluding hydrogens is 477 g/mol. The number of carbonyl (C=O) groups is 1. The van der Waals surface area contributed by atoms with Gasteiger partial charge in [-0.2, -0.15) is 0 Å². The van der Waals surface area contributed by atoms with Crippen LogP contribution < -0.4 is 10.1 Å². The molecule has 0 radical (unpaired) electrons. The van der Waals surface area contributed by atoms with E-state index in [0.29, 0.717) is 17.5 Å². The summed E-state index contributed by atoms with van der Waals surface area (Å²) >= 11 is 6.10. The molecule has 0 bridgehead atoms. The first kappa shape index (κ1) is 25.5. The Morgan fingerprint density at radius 3 is 2.18 bits per heavy atom. The van der Waals surface area contributed by atoms with Crippen molar-refractivity contribution in [3.8, 4) is 16.9 Å². The largest absolute Gasteiger partial charge is 0.573 e. The molecule has 0 aliphatic heterocycles. The maximum Gasteiger partial charge on any atom is 0.573 e. The minimum absolute atomic E-state index is 0.0403. The van der Waals surface area contributed by atoms with Gasteiger partial charge in [0.15, 0.2) is 0 Å². The summed E-state index contributed by atoms with van der Waals surface area (Å²) in [6.45, 7) is 1.96. The Balaban J connectivity index is 1.88. The van der Waals surface area contributed by atoms with E-state index in [1.54, 1.807) is 12.1 Å². The van der Waals surface area contributed by atoms with Crippen molar-refractivity contribution in [2.24, 2.45) is 0 Å². The Morgan fingerprint density at radius 2 is 1.62 bits per heavy atom. The number of hydrogen-bond acceptors (Lipinski definition) is 2. The minimum Gasteiger partial charge on any atom is -0.406 e. The van der Waals surface area contributed by atoms with Gasteiger partial charge in [-0.3, -0.25) is 4.79 Å². The molecule has 0 aliphatic rings. The van der Waals surface area contributed by atoms with E-state index in [1.807, 2.05) is 13.0 Å². The number of alkyl halides is 4. The topological polar surface area (TPSA) is 38.3 Å². The summed E-state index contributed by atoms with van der Waals surface area (Å²) in [6, 6.07) is 13.2. The molecule has 3 rings (SSSR count). The molecule has 3 aromatic rings. The number of benzene rings is 3. The van der Waals surface area contributed by atoms with Gasteiger partial charge in [-0.05, 0) is 52.9 Å². The van der Waals surface area contributed by atoms with Gasteiger partial charge in [0.2, 0.25) is 0 Å². The highest BCUT2D eigenvalue weighted by molar-refractivity contribution is 6.18. The van der Waals surface area contributed by atoms with Crippen molar-refractivity contribution >= 4 is 17.5 Å². The van der Waals surface area contributed by atoms with E-state index in [2.05, 4.69) is 10.1 Å². The molecule has 3 nitrogen and oxygen atoms in total. The van der Waals surface area contributed by atoms with Crippen molar-refractivity contribution in [3.63, 3.8) is 0 Å². The van der Waals surface area contributed by atoms with Crippen molar-refractivity contribution in [1.82, 2.24) is 5.32 Å². The fourth-order valence-corrected chi connectivity index (χ4v) is 3.85. The van der Waals surface area contributed by atoms with Crippen molar-refractivity contribution < 1.29 is 31.5 Å². The lowest BCUT2D eigenvalue weighted by molar-refractivity contribution is -0.274. The van der Waals surface area contributed by atoms with Crippen LogP contribution >= 0.6 is 11.6 Å². The Bertz CT molecular complexity index is 1130. The van der Waals surface area contributed by atoms with Crippen molar-refractivity contribution in [1.29, 1.82) is 0 Å². The van der Waals surface area contributed by atoms with Crippen LogP contribution in [0.4, 0.5) is 22.0 Å². The van der Waals surface area contributed by atoms with Crippen LogP contribution in [0.1, 0.15) is 40.9 Å². The average Bonchev–Trinajstić information content (AvgIpc) is 2.77. The summed E-state index contributed by atoms with van der Waals surface area (Å²) < 4.78 is 69.1. The Labute approximate surface area is 198 Å². The number of amides is 1. The zero-order chi connectivity index (χ0) is 24.9. The summed E-state index contributed by atoms with van der Waals surface area (Å²) in [6.07, 6.45) is -3.39. The summed E-state index contributed by atoms with van der Waals surface area (Å²) in [5.41, 5.74) is 2.25. The molecule has 0 aromatic heterocycles. The molecule has 1 atom stereocenters. The maximum absolute atomic E-state index is 14.0. The molecule has 1 N–H and O–H groups in total. The highest BCUT2D eigenvalue weighted by Crippen LogP contribution is 2.30. The van der Waals surface area contributed by atoms with Gasteiger partial charge in [-0.1, -0.05) is 49.7 Å². The highest BCUT2D eigenvalue weighted by Gasteiger charge is 2.31. The standard InChI is InChI=1S/C25H21ClF5NO2/c1-2-4-17-13-16(15-7-10-18(11-8-15)34-25(29,30)31)9-12-19(17)22(14-26)32-24(33)23-20(27)5-3-6-21(23)28/h3,5-13,22H,2,4,14H2,1H3,(H,32,33). The molecule has 9 heteroatoms. The molecule has 0 saturated heterocycles. The van der Waals surface area contributed by atoms with Crippen molar-refractivity contribution in [2.45, 2.75) is 32.2 Å². The maximum atomic E-state index is 14.0. The first-order chi connectivity index (χ1) is 16.1. The molecule has 0 aliphatic carbocycles. The summed E-state index contributed by atoms with van der Waals surface area (Å²) in [5, 5.41) is 2.59. The van der Waals surface area contributed by atoms with E-state index >= 15 is 0 Å². The molecule has 3 aromatic carbocycles. The third-order valence-corrected chi connectivity index (χ3v) is 5.42. The summed E-state index contributed by atoms with van der Waals surface area (Å²) in [4.78, 5) is 12.6. The van der Waals surface area contributed by atoms with Gasteiger partial charge < -0.3 is 10.1 Å². The lowest BCUT2D eigenvalue weighted by Gasteiger charge is -2.21. The fraction of sp³-hybridized carbons (Fsp3) is 0.240. The lowest BCUT2D eigenvalue weighted by atomic mass is 9.93. The van der Waals surface area contributed by atoms with Gasteiger partial charge >= 0.3 is 6.36 Å². The predicted molar refractivity (Wildman–Crippen MR) is 120 cm³/mol. The van der Waals surface area contributed by atoms with Gasteiger partial charge in [0, 0.05) is 5.88 Å². The number of aryl methyl sites for hydroxylation is 1. The van der Waals surface area contributed by atoms with Gasteiger partial charge in [-0.15, -0.1) is 24.8 Å². The number of nitrogens with one attached hydrogen (secondary N) is 1. The van der Waals surface area contributed by atoms with Crippen LogP contribution in [-0.4, -0.2) is 18.1 Å². The second-order valence-corrected chi connectivity index (χ2v) is 7.82.